The fourth-order valence-electron chi connectivity index (χ4n) is 3.33. The van der Waals surface area contributed by atoms with E-state index in [2.05, 4.69) is 48.1 Å². The van der Waals surface area contributed by atoms with E-state index in [1.165, 1.54) is 0 Å². The molecule has 140 valence electrons. The fraction of sp³-hybridized carbons (Fsp3) is 0.238. The number of carbonyl (C=O) groups is 1. The second-order valence-electron chi connectivity index (χ2n) is 6.97. The van der Waals surface area contributed by atoms with Gasteiger partial charge in [-0.3, -0.25) is 10.1 Å². The Morgan fingerprint density at radius 2 is 1.85 bits per heavy atom. The van der Waals surface area contributed by atoms with Crippen LogP contribution in [-0.2, 0) is 0 Å². The summed E-state index contributed by atoms with van der Waals surface area (Å²) in [7, 11) is 1.65. The van der Waals surface area contributed by atoms with Gasteiger partial charge in [0.2, 0.25) is 0 Å². The number of nitrogens with one attached hydrogen (secondary N) is 1. The molecular formula is C21H21BrN2O2S. The van der Waals surface area contributed by atoms with Gasteiger partial charge < -0.3 is 9.64 Å². The SMILES string of the molecule is COc1ccc2c(c1)C(C)=CC(C)(C)N2C(=S)NC(=O)c1ccc(Br)cc1. The van der Waals surface area contributed by atoms with Crippen molar-refractivity contribution in [3.05, 3.63) is 64.1 Å². The van der Waals surface area contributed by atoms with Crippen molar-refractivity contribution in [2.75, 3.05) is 12.0 Å². The molecule has 1 aliphatic heterocycles. The minimum Gasteiger partial charge on any atom is -0.497 e. The number of benzene rings is 2. The lowest BCUT2D eigenvalue weighted by molar-refractivity contribution is 0.0977. The lowest BCUT2D eigenvalue weighted by atomic mass is 9.89. The molecule has 0 spiro atoms. The normalized spacial score (nSPS) is 14.9. The number of halogens is 1. The Hall–Kier alpha value is -2.18. The predicted octanol–water partition coefficient (Wildman–Crippen LogP) is 5.17. The molecule has 0 aliphatic carbocycles. The molecule has 27 heavy (non-hydrogen) atoms. The molecular weight excluding hydrogens is 424 g/mol. The molecule has 0 saturated carbocycles. The van der Waals surface area contributed by atoms with Crippen LogP contribution < -0.4 is 15.0 Å². The second kappa shape index (κ2) is 7.44. The molecule has 0 atom stereocenters. The Morgan fingerprint density at radius 1 is 1.19 bits per heavy atom. The number of nitrogens with zero attached hydrogens (tertiary/aromatic N) is 1. The number of carbonyl (C=O) groups excluding carboxylic acids is 1. The summed E-state index contributed by atoms with van der Waals surface area (Å²) in [5, 5.41) is 3.23. The summed E-state index contributed by atoms with van der Waals surface area (Å²) in [6, 6.07) is 13.0. The average Bonchev–Trinajstić information content (AvgIpc) is 2.61. The van der Waals surface area contributed by atoms with Crippen molar-refractivity contribution in [2.45, 2.75) is 26.3 Å². The smallest absolute Gasteiger partial charge is 0.257 e. The van der Waals surface area contributed by atoms with Crippen molar-refractivity contribution in [3.8, 4) is 5.75 Å². The number of rotatable bonds is 2. The predicted molar refractivity (Wildman–Crippen MR) is 117 cm³/mol. The van der Waals surface area contributed by atoms with Crippen LogP contribution in [0, 0.1) is 0 Å². The zero-order valence-corrected chi connectivity index (χ0v) is 18.1. The molecule has 0 aromatic heterocycles. The van der Waals surface area contributed by atoms with Crippen LogP contribution in [0.25, 0.3) is 5.57 Å². The summed E-state index contributed by atoms with van der Waals surface area (Å²) >= 11 is 9.00. The lowest BCUT2D eigenvalue weighted by Crippen LogP contribution is -2.54. The minimum absolute atomic E-state index is 0.232. The summed E-state index contributed by atoms with van der Waals surface area (Å²) < 4.78 is 6.27. The van der Waals surface area contributed by atoms with Crippen molar-refractivity contribution < 1.29 is 9.53 Å². The van der Waals surface area contributed by atoms with Gasteiger partial charge in [-0.2, -0.15) is 0 Å². The molecule has 0 radical (unpaired) electrons. The maximum Gasteiger partial charge on any atom is 0.257 e. The monoisotopic (exact) mass is 444 g/mol. The van der Waals surface area contributed by atoms with Crippen molar-refractivity contribution >= 4 is 50.4 Å². The van der Waals surface area contributed by atoms with E-state index in [1.807, 2.05) is 35.2 Å². The van der Waals surface area contributed by atoms with Crippen LogP contribution in [-0.4, -0.2) is 23.7 Å². The molecule has 0 unspecified atom stereocenters. The zero-order chi connectivity index (χ0) is 19.8. The van der Waals surface area contributed by atoms with Crippen LogP contribution >= 0.6 is 28.1 Å². The van der Waals surface area contributed by atoms with E-state index in [-0.39, 0.29) is 11.4 Å². The van der Waals surface area contributed by atoms with Crippen molar-refractivity contribution in [3.63, 3.8) is 0 Å². The van der Waals surface area contributed by atoms with E-state index < -0.39 is 0 Å². The van der Waals surface area contributed by atoms with Crippen molar-refractivity contribution in [1.29, 1.82) is 0 Å². The minimum atomic E-state index is -0.379. The molecule has 0 bridgehead atoms. The number of fused-ring (bicyclic) bond motifs is 1. The highest BCUT2D eigenvalue weighted by Crippen LogP contribution is 2.40. The van der Waals surface area contributed by atoms with Gasteiger partial charge in [0, 0.05) is 15.6 Å². The number of allylic oxidation sites excluding steroid dienone is 1. The highest BCUT2D eigenvalue weighted by atomic mass is 79.9. The highest BCUT2D eigenvalue weighted by molar-refractivity contribution is 9.10. The van der Waals surface area contributed by atoms with Gasteiger partial charge in [-0.25, -0.2) is 0 Å². The topological polar surface area (TPSA) is 41.6 Å². The number of amides is 1. The first-order valence-electron chi connectivity index (χ1n) is 8.52. The average molecular weight is 445 g/mol. The van der Waals surface area contributed by atoms with Crippen LogP contribution in [0.2, 0.25) is 0 Å². The van der Waals surface area contributed by atoms with Gasteiger partial charge in [0.15, 0.2) is 5.11 Å². The number of hydrogen-bond donors (Lipinski definition) is 1. The van der Waals surface area contributed by atoms with Gasteiger partial charge in [0.25, 0.3) is 5.91 Å². The third-order valence-corrected chi connectivity index (χ3v) is 5.36. The molecule has 4 nitrogen and oxygen atoms in total. The summed E-state index contributed by atoms with van der Waals surface area (Å²) in [5.41, 5.74) is 3.30. The van der Waals surface area contributed by atoms with E-state index in [1.54, 1.807) is 19.2 Å². The molecule has 3 rings (SSSR count). The number of methoxy groups -OCH3 is 1. The second-order valence-corrected chi connectivity index (χ2v) is 8.27. The standard InChI is InChI=1S/C21H21BrN2O2S/c1-13-12-21(2,3)24(18-10-9-16(26-4)11-17(13)18)20(27)23-19(25)14-5-7-15(22)8-6-14/h5-12H,1-4H3,(H,23,25,27). The third-order valence-electron chi connectivity index (χ3n) is 4.55. The van der Waals surface area contributed by atoms with Gasteiger partial charge in [-0.1, -0.05) is 22.0 Å². The Balaban J connectivity index is 1.93. The highest BCUT2D eigenvalue weighted by Gasteiger charge is 2.34. The number of thiocarbonyl (C=S) groups is 1. The van der Waals surface area contributed by atoms with Gasteiger partial charge >= 0.3 is 0 Å². The summed E-state index contributed by atoms with van der Waals surface area (Å²) in [4.78, 5) is 14.6. The molecule has 0 saturated heterocycles. The van der Waals surface area contributed by atoms with E-state index in [0.717, 1.165) is 27.0 Å². The maximum absolute atomic E-state index is 12.6. The Kier molecular flexibility index (Phi) is 5.40. The third kappa shape index (κ3) is 3.92. The Bertz CT molecular complexity index is 936. The van der Waals surface area contributed by atoms with Crippen LogP contribution in [0.3, 0.4) is 0 Å². The summed E-state index contributed by atoms with van der Waals surface area (Å²) in [6.07, 6.45) is 2.15. The van der Waals surface area contributed by atoms with Crippen LogP contribution in [0.4, 0.5) is 5.69 Å². The first kappa shape index (κ1) is 19.6. The summed E-state index contributed by atoms with van der Waals surface area (Å²) in [6.45, 7) is 6.21. The number of ether oxygens (including phenoxy) is 1. The van der Waals surface area contributed by atoms with E-state index >= 15 is 0 Å². The van der Waals surface area contributed by atoms with Crippen LogP contribution in [0.15, 0.2) is 53.0 Å². The Morgan fingerprint density at radius 3 is 2.48 bits per heavy atom. The fourth-order valence-corrected chi connectivity index (χ4v) is 4.02. The van der Waals surface area contributed by atoms with Crippen LogP contribution in [0.1, 0.15) is 36.7 Å². The molecule has 2 aromatic rings. The molecule has 1 heterocycles. The largest absolute Gasteiger partial charge is 0.497 e. The molecule has 6 heteroatoms. The van der Waals surface area contributed by atoms with E-state index in [4.69, 9.17) is 17.0 Å². The molecule has 1 amide bonds. The molecule has 2 aromatic carbocycles. The quantitative estimate of drug-likeness (QED) is 0.648. The van der Waals surface area contributed by atoms with Gasteiger partial charge in [-0.15, -0.1) is 0 Å². The summed E-state index contributed by atoms with van der Waals surface area (Å²) in [5.74, 6) is 0.551. The lowest BCUT2D eigenvalue weighted by Gasteiger charge is -2.43. The van der Waals surface area contributed by atoms with Crippen molar-refractivity contribution in [1.82, 2.24) is 5.32 Å². The maximum atomic E-state index is 12.6. The van der Waals surface area contributed by atoms with Gasteiger partial charge in [0.05, 0.1) is 18.3 Å². The van der Waals surface area contributed by atoms with Gasteiger partial charge in [-0.05, 0) is 81.0 Å². The van der Waals surface area contributed by atoms with Crippen LogP contribution in [0.5, 0.6) is 5.75 Å². The van der Waals surface area contributed by atoms with E-state index in [0.29, 0.717) is 10.7 Å². The number of anilines is 1. The van der Waals surface area contributed by atoms with Crippen molar-refractivity contribution in [2.24, 2.45) is 0 Å². The molecule has 1 N–H and O–H groups in total. The first-order valence-corrected chi connectivity index (χ1v) is 9.72. The Labute approximate surface area is 173 Å². The van der Waals surface area contributed by atoms with E-state index in [9.17, 15) is 4.79 Å². The molecule has 0 fully saturated rings. The van der Waals surface area contributed by atoms with Gasteiger partial charge in [0.1, 0.15) is 5.75 Å². The zero-order valence-electron chi connectivity index (χ0n) is 15.7. The number of hydrogen-bond acceptors (Lipinski definition) is 3. The first-order chi connectivity index (χ1) is 12.7. The molecule has 1 aliphatic rings.